The van der Waals surface area contributed by atoms with Crippen molar-refractivity contribution in [3.8, 4) is 0 Å². The number of pyridine rings is 1. The van der Waals surface area contributed by atoms with Crippen LogP contribution in [0.25, 0.3) is 0 Å². The summed E-state index contributed by atoms with van der Waals surface area (Å²) in [5.41, 5.74) is 0.980. The second kappa shape index (κ2) is 4.39. The van der Waals surface area contributed by atoms with Crippen molar-refractivity contribution in [2.75, 3.05) is 5.32 Å². The van der Waals surface area contributed by atoms with Crippen molar-refractivity contribution in [3.63, 3.8) is 0 Å². The molecular weight excluding hydrogens is 258 g/mol. The molecule has 15 heavy (non-hydrogen) atoms. The lowest BCUT2D eigenvalue weighted by Gasteiger charge is -2.13. The van der Waals surface area contributed by atoms with Crippen LogP contribution in [-0.4, -0.2) is 20.2 Å². The van der Waals surface area contributed by atoms with Gasteiger partial charge in [0.2, 0.25) is 0 Å². The van der Waals surface area contributed by atoms with Gasteiger partial charge in [0.05, 0.1) is 16.2 Å². The van der Waals surface area contributed by atoms with Crippen molar-refractivity contribution in [2.24, 2.45) is 0 Å². The van der Waals surface area contributed by atoms with Gasteiger partial charge in [-0.2, -0.15) is 5.10 Å². The van der Waals surface area contributed by atoms with E-state index in [0.717, 1.165) is 16.0 Å². The third kappa shape index (κ3) is 2.33. The molecule has 0 bridgehead atoms. The fourth-order valence-electron chi connectivity index (χ4n) is 1.22. The molecule has 0 aliphatic heterocycles. The van der Waals surface area contributed by atoms with E-state index in [-0.39, 0.29) is 6.04 Å². The van der Waals surface area contributed by atoms with Crippen LogP contribution >= 0.6 is 15.9 Å². The van der Waals surface area contributed by atoms with Gasteiger partial charge in [-0.15, -0.1) is 0 Å². The number of rotatable bonds is 3. The average Bonchev–Trinajstić information content (AvgIpc) is 2.74. The molecule has 0 fully saturated rings. The normalized spacial score (nSPS) is 12.4. The molecule has 1 unspecified atom stereocenters. The number of nitrogens with one attached hydrogen (secondary N) is 2. The third-order valence-corrected chi connectivity index (χ3v) is 2.62. The van der Waals surface area contributed by atoms with Crippen molar-refractivity contribution < 1.29 is 0 Å². The van der Waals surface area contributed by atoms with E-state index in [2.05, 4.69) is 41.4 Å². The lowest BCUT2D eigenvalue weighted by molar-refractivity contribution is 0.794. The zero-order valence-corrected chi connectivity index (χ0v) is 9.69. The minimum absolute atomic E-state index is 0.0752. The first-order valence-electron chi connectivity index (χ1n) is 4.48. The van der Waals surface area contributed by atoms with Crippen LogP contribution in [0.1, 0.15) is 18.8 Å². The fraction of sp³-hybridized carbons (Fsp3) is 0.222. The van der Waals surface area contributed by atoms with Gasteiger partial charge in [-0.25, -0.2) is 4.98 Å². The van der Waals surface area contributed by atoms with Gasteiger partial charge in [0.1, 0.15) is 12.2 Å². The van der Waals surface area contributed by atoms with Crippen LogP contribution in [0.15, 0.2) is 29.3 Å². The van der Waals surface area contributed by atoms with Gasteiger partial charge < -0.3 is 5.32 Å². The molecule has 2 rings (SSSR count). The molecule has 5 nitrogen and oxygen atoms in total. The molecule has 0 aromatic carbocycles. The Hall–Kier alpha value is -1.43. The molecule has 2 heterocycles. The summed E-state index contributed by atoms with van der Waals surface area (Å²) in [5.74, 6) is 0.804. The molecule has 0 amide bonds. The summed E-state index contributed by atoms with van der Waals surface area (Å²) in [7, 11) is 0. The number of anilines is 1. The van der Waals surface area contributed by atoms with Gasteiger partial charge >= 0.3 is 0 Å². The number of H-pyrrole nitrogens is 1. The smallest absolute Gasteiger partial charge is 0.146 e. The molecule has 2 N–H and O–H groups in total. The third-order valence-electron chi connectivity index (χ3n) is 1.99. The Labute approximate surface area is 95.5 Å². The summed E-state index contributed by atoms with van der Waals surface area (Å²) in [5, 5.41) is 9.92. The highest BCUT2D eigenvalue weighted by atomic mass is 79.9. The molecule has 1 atom stereocenters. The quantitative estimate of drug-likeness (QED) is 0.894. The number of halogens is 1. The highest BCUT2D eigenvalue weighted by Gasteiger charge is 2.09. The van der Waals surface area contributed by atoms with Gasteiger partial charge in [0.25, 0.3) is 0 Å². The van der Waals surface area contributed by atoms with Crippen molar-refractivity contribution in [2.45, 2.75) is 13.0 Å². The van der Waals surface area contributed by atoms with E-state index in [1.54, 1.807) is 12.4 Å². The average molecular weight is 268 g/mol. The Morgan fingerprint density at radius 2 is 2.40 bits per heavy atom. The summed E-state index contributed by atoms with van der Waals surface area (Å²) in [6.07, 6.45) is 4.98. The van der Waals surface area contributed by atoms with E-state index in [1.165, 1.54) is 6.33 Å². The molecule has 0 saturated heterocycles. The van der Waals surface area contributed by atoms with E-state index in [4.69, 9.17) is 0 Å². The summed E-state index contributed by atoms with van der Waals surface area (Å²) in [6.45, 7) is 2.01. The monoisotopic (exact) mass is 267 g/mol. The van der Waals surface area contributed by atoms with E-state index in [1.807, 2.05) is 13.0 Å². The number of aromatic amines is 1. The first-order chi connectivity index (χ1) is 7.27. The highest BCUT2D eigenvalue weighted by molar-refractivity contribution is 9.10. The van der Waals surface area contributed by atoms with Crippen molar-refractivity contribution in [1.82, 2.24) is 20.2 Å². The molecule has 0 aliphatic carbocycles. The van der Waals surface area contributed by atoms with E-state index < -0.39 is 0 Å². The van der Waals surface area contributed by atoms with Crippen LogP contribution in [0.4, 0.5) is 5.69 Å². The van der Waals surface area contributed by atoms with Crippen LogP contribution in [0, 0.1) is 0 Å². The minimum Gasteiger partial charge on any atom is -0.374 e. The minimum atomic E-state index is 0.0752. The van der Waals surface area contributed by atoms with Crippen molar-refractivity contribution in [1.29, 1.82) is 0 Å². The zero-order valence-electron chi connectivity index (χ0n) is 8.11. The first kappa shape index (κ1) is 10.1. The Morgan fingerprint density at radius 3 is 3.07 bits per heavy atom. The Bertz CT molecular complexity index is 428. The summed E-state index contributed by atoms with van der Waals surface area (Å²) in [4.78, 5) is 8.07. The predicted octanol–water partition coefficient (Wildman–Crippen LogP) is 2.14. The molecule has 0 aliphatic rings. The van der Waals surface area contributed by atoms with E-state index >= 15 is 0 Å². The maximum absolute atomic E-state index is 4.08. The summed E-state index contributed by atoms with van der Waals surface area (Å²) >= 11 is 3.42. The fourth-order valence-corrected chi connectivity index (χ4v) is 1.58. The molecule has 2 aromatic rings. The maximum atomic E-state index is 4.08. The zero-order chi connectivity index (χ0) is 10.7. The van der Waals surface area contributed by atoms with Crippen LogP contribution in [-0.2, 0) is 0 Å². The maximum Gasteiger partial charge on any atom is 0.146 e. The van der Waals surface area contributed by atoms with E-state index in [9.17, 15) is 0 Å². The Morgan fingerprint density at radius 1 is 1.53 bits per heavy atom. The van der Waals surface area contributed by atoms with Gasteiger partial charge in [-0.1, -0.05) is 0 Å². The largest absolute Gasteiger partial charge is 0.374 e. The second-order valence-electron chi connectivity index (χ2n) is 3.09. The van der Waals surface area contributed by atoms with Gasteiger partial charge in [-0.05, 0) is 28.9 Å². The van der Waals surface area contributed by atoms with Gasteiger partial charge in [-0.3, -0.25) is 10.1 Å². The van der Waals surface area contributed by atoms with Gasteiger partial charge in [0.15, 0.2) is 0 Å². The number of nitrogens with zero attached hydrogens (tertiary/aromatic N) is 3. The standard InChI is InChI=1S/C9H10BrN5/c1-6(9-12-5-13-15-9)14-8-2-3-11-4-7(8)10/h2-6H,1H3,(H,11,14)(H,12,13,15). The van der Waals surface area contributed by atoms with Crippen LogP contribution in [0.2, 0.25) is 0 Å². The number of aromatic nitrogens is 4. The second-order valence-corrected chi connectivity index (χ2v) is 3.95. The number of hydrogen-bond donors (Lipinski definition) is 2. The van der Waals surface area contributed by atoms with Crippen LogP contribution in [0.3, 0.4) is 0 Å². The summed E-state index contributed by atoms with van der Waals surface area (Å²) in [6, 6.07) is 1.97. The summed E-state index contributed by atoms with van der Waals surface area (Å²) < 4.78 is 0.927. The molecule has 78 valence electrons. The van der Waals surface area contributed by atoms with Crippen molar-refractivity contribution in [3.05, 3.63) is 35.1 Å². The Kier molecular flexibility index (Phi) is 2.96. The van der Waals surface area contributed by atoms with Crippen LogP contribution < -0.4 is 5.32 Å². The topological polar surface area (TPSA) is 66.5 Å². The Balaban J connectivity index is 2.13. The predicted molar refractivity (Wildman–Crippen MR) is 60.4 cm³/mol. The molecule has 2 aromatic heterocycles. The lowest BCUT2D eigenvalue weighted by Crippen LogP contribution is -2.08. The SMILES string of the molecule is CC(Nc1ccncc1Br)c1ncn[nH]1. The van der Waals surface area contributed by atoms with Crippen LogP contribution in [0.5, 0.6) is 0 Å². The lowest BCUT2D eigenvalue weighted by atomic mass is 10.3. The molecule has 0 spiro atoms. The number of hydrogen-bond acceptors (Lipinski definition) is 4. The first-order valence-corrected chi connectivity index (χ1v) is 5.28. The molecule has 0 saturated carbocycles. The molecule has 0 radical (unpaired) electrons. The van der Waals surface area contributed by atoms with Gasteiger partial charge in [0, 0.05) is 12.4 Å². The van der Waals surface area contributed by atoms with E-state index in [0.29, 0.717) is 0 Å². The highest BCUT2D eigenvalue weighted by Crippen LogP contribution is 2.23. The molecular formula is C9H10BrN5. The molecule has 6 heteroatoms. The van der Waals surface area contributed by atoms with Crippen molar-refractivity contribution >= 4 is 21.6 Å².